The third-order valence-electron chi connectivity index (χ3n) is 3.79. The third-order valence-corrected chi connectivity index (χ3v) is 5.00. The van der Waals surface area contributed by atoms with Gasteiger partial charge in [-0.1, -0.05) is 12.1 Å². The molecule has 1 aromatic carbocycles. The monoisotopic (exact) mass is 337 g/mol. The van der Waals surface area contributed by atoms with Gasteiger partial charge in [0.25, 0.3) is 0 Å². The lowest BCUT2D eigenvalue weighted by Gasteiger charge is -2.09. The molecule has 0 fully saturated rings. The summed E-state index contributed by atoms with van der Waals surface area (Å²) < 4.78 is 0. The Morgan fingerprint density at radius 1 is 1.21 bits per heavy atom. The van der Waals surface area contributed by atoms with Crippen LogP contribution < -0.4 is 5.32 Å². The lowest BCUT2D eigenvalue weighted by molar-refractivity contribution is -0.115. The van der Waals surface area contributed by atoms with Gasteiger partial charge in [0.15, 0.2) is 0 Å². The molecule has 0 bridgehead atoms. The molecule has 3 rings (SSSR count). The lowest BCUT2D eigenvalue weighted by atomic mass is 10.1. The van der Waals surface area contributed by atoms with Crippen molar-refractivity contribution in [1.29, 1.82) is 0 Å². The van der Waals surface area contributed by atoms with Crippen LogP contribution in [0.1, 0.15) is 21.7 Å². The quantitative estimate of drug-likeness (QED) is 0.772. The van der Waals surface area contributed by atoms with Crippen LogP contribution in [0, 0.1) is 20.8 Å². The maximum atomic E-state index is 12.4. The zero-order valence-electron chi connectivity index (χ0n) is 14.0. The Labute approximate surface area is 145 Å². The van der Waals surface area contributed by atoms with Crippen LogP contribution in [-0.2, 0) is 11.2 Å². The van der Waals surface area contributed by atoms with Crippen LogP contribution >= 0.6 is 11.3 Å². The van der Waals surface area contributed by atoms with E-state index in [1.54, 1.807) is 23.7 Å². The first-order valence-electron chi connectivity index (χ1n) is 7.77. The third kappa shape index (κ3) is 3.68. The van der Waals surface area contributed by atoms with Gasteiger partial charge in [0, 0.05) is 28.5 Å². The molecule has 0 aliphatic rings. The van der Waals surface area contributed by atoms with Gasteiger partial charge in [-0.15, -0.1) is 11.3 Å². The predicted octanol–water partition coefficient (Wildman–Crippen LogP) is 4.31. The molecule has 0 atom stereocenters. The van der Waals surface area contributed by atoms with Gasteiger partial charge < -0.3 is 5.32 Å². The van der Waals surface area contributed by atoms with Gasteiger partial charge in [0.05, 0.1) is 12.1 Å². The van der Waals surface area contributed by atoms with Crippen molar-refractivity contribution in [2.24, 2.45) is 0 Å². The van der Waals surface area contributed by atoms with Crippen LogP contribution in [0.15, 0.2) is 42.7 Å². The molecule has 4 nitrogen and oxygen atoms in total. The highest BCUT2D eigenvalue weighted by molar-refractivity contribution is 7.15. The summed E-state index contributed by atoms with van der Waals surface area (Å²) in [5.74, 6) is -0.0202. The fraction of sp³-hybridized carbons (Fsp3) is 0.211. The van der Waals surface area contributed by atoms with Crippen LogP contribution in [-0.4, -0.2) is 15.9 Å². The van der Waals surface area contributed by atoms with E-state index in [4.69, 9.17) is 0 Å². The summed E-state index contributed by atoms with van der Waals surface area (Å²) in [4.78, 5) is 22.1. The second kappa shape index (κ2) is 6.93. The number of aryl methyl sites for hydroxylation is 3. The molecule has 0 aliphatic carbocycles. The van der Waals surface area contributed by atoms with E-state index >= 15 is 0 Å². The summed E-state index contributed by atoms with van der Waals surface area (Å²) in [5, 5.41) is 3.90. The molecular formula is C19H19N3OS. The molecule has 0 spiro atoms. The Hall–Kier alpha value is -2.53. The van der Waals surface area contributed by atoms with Gasteiger partial charge in [0.2, 0.25) is 5.91 Å². The SMILES string of the molecule is Cc1ccc(C)c(NC(=O)Cc2sc(-c3cccnc3)nc2C)c1. The van der Waals surface area contributed by atoms with Crippen LogP contribution in [0.3, 0.4) is 0 Å². The number of hydrogen-bond donors (Lipinski definition) is 1. The molecule has 2 heterocycles. The molecule has 1 amide bonds. The first-order valence-corrected chi connectivity index (χ1v) is 8.58. The number of nitrogens with zero attached hydrogens (tertiary/aromatic N) is 2. The van der Waals surface area contributed by atoms with Crippen LogP contribution in [0.2, 0.25) is 0 Å². The topological polar surface area (TPSA) is 54.9 Å². The van der Waals surface area contributed by atoms with E-state index < -0.39 is 0 Å². The Balaban J connectivity index is 1.75. The van der Waals surface area contributed by atoms with Crippen molar-refractivity contribution in [2.75, 3.05) is 5.32 Å². The lowest BCUT2D eigenvalue weighted by Crippen LogP contribution is -2.15. The summed E-state index contributed by atoms with van der Waals surface area (Å²) in [6, 6.07) is 9.92. The molecule has 0 saturated heterocycles. The number of thiazole rings is 1. The second-order valence-electron chi connectivity index (χ2n) is 5.81. The van der Waals surface area contributed by atoms with Crippen molar-refractivity contribution in [3.63, 3.8) is 0 Å². The molecule has 1 N–H and O–H groups in total. The average molecular weight is 337 g/mol. The zero-order valence-corrected chi connectivity index (χ0v) is 14.8. The minimum absolute atomic E-state index is 0.0202. The van der Waals surface area contributed by atoms with E-state index in [9.17, 15) is 4.79 Å². The average Bonchev–Trinajstić information content (AvgIpc) is 2.92. The largest absolute Gasteiger partial charge is 0.326 e. The number of hydrogen-bond acceptors (Lipinski definition) is 4. The van der Waals surface area contributed by atoms with Gasteiger partial charge >= 0.3 is 0 Å². The minimum atomic E-state index is -0.0202. The second-order valence-corrected chi connectivity index (χ2v) is 6.90. The van der Waals surface area contributed by atoms with Crippen molar-refractivity contribution < 1.29 is 4.79 Å². The van der Waals surface area contributed by atoms with Crippen LogP contribution in [0.25, 0.3) is 10.6 Å². The van der Waals surface area contributed by atoms with Crippen LogP contribution in [0.5, 0.6) is 0 Å². The molecule has 2 aromatic heterocycles. The van der Waals surface area contributed by atoms with Gasteiger partial charge in [-0.25, -0.2) is 4.98 Å². The molecule has 0 unspecified atom stereocenters. The van der Waals surface area contributed by atoms with Crippen molar-refractivity contribution >= 4 is 22.9 Å². The summed E-state index contributed by atoms with van der Waals surface area (Å²) in [5.41, 5.74) is 4.94. The molecule has 5 heteroatoms. The number of carbonyl (C=O) groups excluding carboxylic acids is 1. The summed E-state index contributed by atoms with van der Waals surface area (Å²) in [6.07, 6.45) is 3.86. The molecular weight excluding hydrogens is 318 g/mol. The fourth-order valence-corrected chi connectivity index (χ4v) is 3.47. The fourth-order valence-electron chi connectivity index (χ4n) is 2.42. The summed E-state index contributed by atoms with van der Waals surface area (Å²) >= 11 is 1.55. The zero-order chi connectivity index (χ0) is 17.1. The normalized spacial score (nSPS) is 10.6. The summed E-state index contributed by atoms with van der Waals surface area (Å²) in [7, 11) is 0. The number of rotatable bonds is 4. The highest BCUT2D eigenvalue weighted by Crippen LogP contribution is 2.28. The molecule has 24 heavy (non-hydrogen) atoms. The summed E-state index contributed by atoms with van der Waals surface area (Å²) in [6.45, 7) is 5.95. The number of aromatic nitrogens is 2. The van der Waals surface area contributed by atoms with E-state index in [0.29, 0.717) is 6.42 Å². The van der Waals surface area contributed by atoms with Crippen molar-refractivity contribution in [2.45, 2.75) is 27.2 Å². The number of amides is 1. The first kappa shape index (κ1) is 16.3. The van der Waals surface area contributed by atoms with Crippen molar-refractivity contribution in [3.8, 4) is 10.6 Å². The molecule has 122 valence electrons. The Bertz CT molecular complexity index is 872. The van der Waals surface area contributed by atoms with E-state index in [0.717, 1.165) is 38.0 Å². The number of carbonyl (C=O) groups is 1. The standard InChI is InChI=1S/C19H19N3OS/c1-12-6-7-13(2)16(9-12)22-18(23)10-17-14(3)21-19(24-17)15-5-4-8-20-11-15/h4-9,11H,10H2,1-3H3,(H,22,23). The van der Waals surface area contributed by atoms with Gasteiger partial charge in [-0.05, 0) is 50.1 Å². The van der Waals surface area contributed by atoms with Crippen LogP contribution in [0.4, 0.5) is 5.69 Å². The predicted molar refractivity (Wildman–Crippen MR) is 98.3 cm³/mol. The Morgan fingerprint density at radius 3 is 2.79 bits per heavy atom. The maximum absolute atomic E-state index is 12.4. The van der Waals surface area contributed by atoms with Gasteiger partial charge in [-0.2, -0.15) is 0 Å². The first-order chi connectivity index (χ1) is 11.5. The van der Waals surface area contributed by atoms with Crippen molar-refractivity contribution in [1.82, 2.24) is 9.97 Å². The minimum Gasteiger partial charge on any atom is -0.326 e. The number of benzene rings is 1. The van der Waals surface area contributed by atoms with E-state index in [-0.39, 0.29) is 5.91 Å². The Kier molecular flexibility index (Phi) is 4.71. The number of pyridine rings is 1. The smallest absolute Gasteiger partial charge is 0.229 e. The molecule has 0 aliphatic heterocycles. The van der Waals surface area contributed by atoms with Crippen molar-refractivity contribution in [3.05, 3.63) is 64.4 Å². The number of anilines is 1. The van der Waals surface area contributed by atoms with Gasteiger partial charge in [-0.3, -0.25) is 9.78 Å². The van der Waals surface area contributed by atoms with E-state index in [2.05, 4.69) is 15.3 Å². The molecule has 0 saturated carbocycles. The highest BCUT2D eigenvalue weighted by atomic mass is 32.1. The number of nitrogens with one attached hydrogen (secondary N) is 1. The van der Waals surface area contributed by atoms with Gasteiger partial charge in [0.1, 0.15) is 5.01 Å². The highest BCUT2D eigenvalue weighted by Gasteiger charge is 2.14. The van der Waals surface area contributed by atoms with E-state index in [1.165, 1.54) is 0 Å². The molecule has 0 radical (unpaired) electrons. The Morgan fingerprint density at radius 2 is 2.04 bits per heavy atom. The van der Waals surface area contributed by atoms with E-state index in [1.807, 2.05) is 51.1 Å². The maximum Gasteiger partial charge on any atom is 0.229 e. The molecule has 3 aromatic rings.